The molecule has 1 N–H and O–H groups in total. The molecule has 1 atom stereocenters. The number of fused-ring (bicyclic) bond motifs is 1. The van der Waals surface area contributed by atoms with Crippen LogP contribution in [0.4, 0.5) is 18.9 Å². The van der Waals surface area contributed by atoms with E-state index in [1.165, 1.54) is 4.90 Å². The third-order valence-corrected chi connectivity index (χ3v) is 3.51. The summed E-state index contributed by atoms with van der Waals surface area (Å²) in [5, 5.41) is 3.25. The summed E-state index contributed by atoms with van der Waals surface area (Å²) < 4.78 is 37.7. The molecule has 106 valence electrons. The maximum atomic E-state index is 12.6. The molecule has 19 heavy (non-hydrogen) atoms. The van der Waals surface area contributed by atoms with Gasteiger partial charge in [0.1, 0.15) is 0 Å². The highest BCUT2D eigenvalue weighted by Crippen LogP contribution is 2.32. The highest BCUT2D eigenvalue weighted by Gasteiger charge is 2.34. The smallest absolute Gasteiger partial charge is 0.384 e. The lowest BCUT2D eigenvalue weighted by molar-refractivity contribution is -0.150. The highest BCUT2D eigenvalue weighted by atomic mass is 19.4. The maximum absolute atomic E-state index is 12.6. The van der Waals surface area contributed by atoms with Crippen molar-refractivity contribution in [3.63, 3.8) is 0 Å². The minimum absolute atomic E-state index is 0.116. The molecule has 5 heteroatoms. The quantitative estimate of drug-likeness (QED) is 0.903. The number of nitrogens with one attached hydrogen (secondary N) is 1. The van der Waals surface area contributed by atoms with Gasteiger partial charge in [-0.15, -0.1) is 0 Å². The molecular weight excluding hydrogens is 253 g/mol. The molecule has 0 saturated heterocycles. The third-order valence-electron chi connectivity index (χ3n) is 3.51. The van der Waals surface area contributed by atoms with Gasteiger partial charge in [0.2, 0.25) is 0 Å². The molecule has 0 radical (unpaired) electrons. The number of hydrogen-bond acceptors (Lipinski definition) is 2. The number of halogens is 3. The second-order valence-electron chi connectivity index (χ2n) is 5.30. The van der Waals surface area contributed by atoms with Crippen LogP contribution in [0.25, 0.3) is 0 Å². The van der Waals surface area contributed by atoms with Crippen molar-refractivity contribution in [2.75, 3.05) is 25.0 Å². The second-order valence-corrected chi connectivity index (χ2v) is 5.30. The molecular formula is C14H19F3N2. The molecule has 0 aromatic heterocycles. The van der Waals surface area contributed by atoms with Gasteiger partial charge in [-0.2, -0.15) is 13.2 Å². The van der Waals surface area contributed by atoms with Crippen LogP contribution in [0.5, 0.6) is 0 Å². The molecule has 1 aromatic carbocycles. The zero-order chi connectivity index (χ0) is 14.0. The van der Waals surface area contributed by atoms with E-state index in [0.717, 1.165) is 11.3 Å². The Balaban J connectivity index is 2.07. The van der Waals surface area contributed by atoms with Crippen LogP contribution >= 0.6 is 0 Å². The van der Waals surface area contributed by atoms with Crippen molar-refractivity contribution in [2.45, 2.75) is 32.0 Å². The number of alkyl halides is 3. The number of nitrogens with zero attached hydrogens (tertiary/aromatic N) is 1. The van der Waals surface area contributed by atoms with Crippen LogP contribution < -0.4 is 5.32 Å². The lowest BCUT2D eigenvalue weighted by Crippen LogP contribution is -2.41. The van der Waals surface area contributed by atoms with Gasteiger partial charge in [-0.25, -0.2) is 0 Å². The normalized spacial score (nSPS) is 18.8. The standard InChI is InChI=1S/C14H19F3N2/c1-10(2)19(9-14(15,16)17)8-11-7-18-13-6-4-3-5-12(11)13/h3-6,10-11,18H,7-9H2,1-2H3. The van der Waals surface area contributed by atoms with Crippen LogP contribution in [0.2, 0.25) is 0 Å². The van der Waals surface area contributed by atoms with E-state index in [-0.39, 0.29) is 12.0 Å². The number of hydrogen-bond donors (Lipinski definition) is 1. The molecule has 1 aromatic rings. The third kappa shape index (κ3) is 3.62. The fraction of sp³-hybridized carbons (Fsp3) is 0.571. The molecule has 1 heterocycles. The summed E-state index contributed by atoms with van der Waals surface area (Å²) in [4.78, 5) is 1.49. The first-order valence-corrected chi connectivity index (χ1v) is 6.50. The molecule has 0 saturated carbocycles. The average Bonchev–Trinajstić information content (AvgIpc) is 2.70. The van der Waals surface area contributed by atoms with Crippen LogP contribution in [0.15, 0.2) is 24.3 Å². The van der Waals surface area contributed by atoms with Crippen LogP contribution in [0.3, 0.4) is 0 Å². The van der Waals surface area contributed by atoms with E-state index in [1.54, 1.807) is 13.8 Å². The van der Waals surface area contributed by atoms with E-state index in [0.29, 0.717) is 13.1 Å². The monoisotopic (exact) mass is 272 g/mol. The fourth-order valence-corrected chi connectivity index (χ4v) is 2.49. The average molecular weight is 272 g/mol. The predicted octanol–water partition coefficient (Wildman–Crippen LogP) is 3.47. The van der Waals surface area contributed by atoms with Crippen LogP contribution in [-0.2, 0) is 0 Å². The van der Waals surface area contributed by atoms with Crippen molar-refractivity contribution < 1.29 is 13.2 Å². The summed E-state index contributed by atoms with van der Waals surface area (Å²) >= 11 is 0. The van der Waals surface area contributed by atoms with Crippen molar-refractivity contribution in [2.24, 2.45) is 0 Å². The molecule has 0 bridgehead atoms. The van der Waals surface area contributed by atoms with Crippen molar-refractivity contribution in [3.05, 3.63) is 29.8 Å². The van der Waals surface area contributed by atoms with Crippen molar-refractivity contribution in [3.8, 4) is 0 Å². The zero-order valence-electron chi connectivity index (χ0n) is 11.2. The van der Waals surface area contributed by atoms with E-state index in [4.69, 9.17) is 0 Å². The van der Waals surface area contributed by atoms with Gasteiger partial charge >= 0.3 is 6.18 Å². The Morgan fingerprint density at radius 1 is 1.32 bits per heavy atom. The minimum Gasteiger partial charge on any atom is -0.384 e. The van der Waals surface area contributed by atoms with Gasteiger partial charge in [-0.1, -0.05) is 18.2 Å². The van der Waals surface area contributed by atoms with E-state index in [1.807, 2.05) is 24.3 Å². The Hall–Kier alpha value is -1.23. The first-order chi connectivity index (χ1) is 8.87. The summed E-state index contributed by atoms with van der Waals surface area (Å²) in [6.07, 6.45) is -4.14. The Labute approximate surface area is 111 Å². The molecule has 1 aliphatic rings. The largest absolute Gasteiger partial charge is 0.401 e. The van der Waals surface area contributed by atoms with E-state index in [2.05, 4.69) is 5.32 Å². The Kier molecular flexibility index (Phi) is 4.04. The molecule has 2 nitrogen and oxygen atoms in total. The van der Waals surface area contributed by atoms with Crippen LogP contribution in [-0.4, -0.2) is 36.8 Å². The molecule has 0 spiro atoms. The van der Waals surface area contributed by atoms with Gasteiger partial charge in [0.05, 0.1) is 6.54 Å². The number of rotatable bonds is 4. The lowest BCUT2D eigenvalue weighted by atomic mass is 10.0. The highest BCUT2D eigenvalue weighted by molar-refractivity contribution is 5.57. The van der Waals surface area contributed by atoms with Crippen molar-refractivity contribution in [1.29, 1.82) is 0 Å². The summed E-state index contributed by atoms with van der Waals surface area (Å²) in [6, 6.07) is 7.71. The van der Waals surface area contributed by atoms with Crippen molar-refractivity contribution >= 4 is 5.69 Å². The van der Waals surface area contributed by atoms with Gasteiger partial charge in [0.25, 0.3) is 0 Å². The van der Waals surface area contributed by atoms with E-state index < -0.39 is 12.7 Å². The molecule has 0 amide bonds. The Morgan fingerprint density at radius 2 is 2.00 bits per heavy atom. The maximum Gasteiger partial charge on any atom is 0.401 e. The van der Waals surface area contributed by atoms with Crippen LogP contribution in [0.1, 0.15) is 25.3 Å². The summed E-state index contributed by atoms with van der Waals surface area (Å²) in [5.74, 6) is 0.126. The van der Waals surface area contributed by atoms with Gasteiger partial charge in [-0.3, -0.25) is 4.90 Å². The van der Waals surface area contributed by atoms with Gasteiger partial charge in [0.15, 0.2) is 0 Å². The second kappa shape index (κ2) is 5.41. The number of anilines is 1. The Morgan fingerprint density at radius 3 is 2.63 bits per heavy atom. The Bertz CT molecular complexity index is 429. The van der Waals surface area contributed by atoms with Gasteiger partial charge in [-0.05, 0) is 25.5 Å². The summed E-state index contributed by atoms with van der Waals surface area (Å²) in [7, 11) is 0. The zero-order valence-corrected chi connectivity index (χ0v) is 11.2. The summed E-state index contributed by atoms with van der Waals surface area (Å²) in [6.45, 7) is 3.91. The first kappa shape index (κ1) is 14.2. The number of benzene rings is 1. The fourth-order valence-electron chi connectivity index (χ4n) is 2.49. The molecule has 1 unspecified atom stereocenters. The SMILES string of the molecule is CC(C)N(CC1CNc2ccccc21)CC(F)(F)F. The van der Waals surface area contributed by atoms with E-state index in [9.17, 15) is 13.2 Å². The molecule has 1 aliphatic heterocycles. The van der Waals surface area contributed by atoms with Gasteiger partial charge in [0, 0.05) is 30.7 Å². The summed E-state index contributed by atoms with van der Waals surface area (Å²) in [5.41, 5.74) is 2.17. The van der Waals surface area contributed by atoms with Crippen molar-refractivity contribution in [1.82, 2.24) is 4.90 Å². The molecule has 0 aliphatic carbocycles. The predicted molar refractivity (Wildman–Crippen MR) is 70.4 cm³/mol. The molecule has 2 rings (SSSR count). The molecule has 0 fully saturated rings. The van der Waals surface area contributed by atoms with Crippen LogP contribution in [0, 0.1) is 0 Å². The van der Waals surface area contributed by atoms with E-state index >= 15 is 0 Å². The number of para-hydroxylation sites is 1. The topological polar surface area (TPSA) is 15.3 Å². The first-order valence-electron chi connectivity index (χ1n) is 6.50. The van der Waals surface area contributed by atoms with Gasteiger partial charge < -0.3 is 5.32 Å². The minimum atomic E-state index is -4.14. The lowest BCUT2D eigenvalue weighted by Gasteiger charge is -2.30.